The van der Waals surface area contributed by atoms with Crippen LogP contribution in [-0.2, 0) is 19.3 Å². The zero-order chi connectivity index (χ0) is 22.5. The van der Waals surface area contributed by atoms with Crippen LogP contribution in [0.15, 0.2) is 36.4 Å². The van der Waals surface area contributed by atoms with E-state index in [1.54, 1.807) is 5.56 Å². The van der Waals surface area contributed by atoms with E-state index in [0.29, 0.717) is 0 Å². The molecular weight excluding hydrogens is 376 g/mol. The van der Waals surface area contributed by atoms with E-state index in [1.165, 1.54) is 27.8 Å². The van der Waals surface area contributed by atoms with Gasteiger partial charge in [-0.2, -0.15) is 10.5 Å². The molecule has 1 aliphatic carbocycles. The van der Waals surface area contributed by atoms with Crippen LogP contribution in [0, 0.1) is 33.5 Å². The van der Waals surface area contributed by atoms with Gasteiger partial charge in [0.2, 0.25) is 0 Å². The summed E-state index contributed by atoms with van der Waals surface area (Å²) in [6.45, 7) is 8.15. The quantitative estimate of drug-likeness (QED) is 0.319. The van der Waals surface area contributed by atoms with E-state index >= 15 is 0 Å². The van der Waals surface area contributed by atoms with Crippen molar-refractivity contribution >= 4 is 0 Å². The smallest absolute Gasteiger partial charge is 0.0683 e. The number of nitrogens with zero attached hydrogens (tertiary/aromatic N) is 2. The predicted molar refractivity (Wildman–Crippen MR) is 129 cm³/mol. The molecule has 162 valence electrons. The van der Waals surface area contributed by atoms with Gasteiger partial charge in [-0.05, 0) is 106 Å². The maximum absolute atomic E-state index is 9.31. The maximum atomic E-state index is 9.31. The molecule has 0 aliphatic heterocycles. The Morgan fingerprint density at radius 2 is 1.35 bits per heavy atom. The number of rotatable bonds is 10. The fraction of sp³-hybridized carbons (Fsp3) is 0.517. The molecule has 0 bridgehead atoms. The molecule has 0 atom stereocenters. The second kappa shape index (κ2) is 9.70. The van der Waals surface area contributed by atoms with E-state index in [2.05, 4.69) is 48.5 Å². The molecule has 0 saturated carbocycles. The Bertz CT molecular complexity index is 998. The summed E-state index contributed by atoms with van der Waals surface area (Å²) in [7, 11) is 0. The first kappa shape index (κ1) is 23.1. The van der Waals surface area contributed by atoms with Crippen molar-refractivity contribution in [3.63, 3.8) is 0 Å². The number of unbranched alkanes of at least 4 members (excludes halogenated alkanes) is 2. The average Bonchev–Trinajstić information content (AvgIpc) is 3.13. The molecule has 2 aromatic rings. The highest BCUT2D eigenvalue weighted by atomic mass is 14.3. The first-order valence-electron chi connectivity index (χ1n) is 11.8. The van der Waals surface area contributed by atoms with E-state index in [1.807, 2.05) is 27.7 Å². The van der Waals surface area contributed by atoms with Crippen molar-refractivity contribution < 1.29 is 0 Å². The fourth-order valence-electron chi connectivity index (χ4n) is 4.73. The molecule has 2 heteroatoms. The molecule has 31 heavy (non-hydrogen) atoms. The van der Waals surface area contributed by atoms with Gasteiger partial charge in [0.15, 0.2) is 0 Å². The van der Waals surface area contributed by atoms with Crippen molar-refractivity contribution in [2.75, 3.05) is 0 Å². The molecule has 0 unspecified atom stereocenters. The molecule has 0 amide bonds. The monoisotopic (exact) mass is 412 g/mol. The van der Waals surface area contributed by atoms with Gasteiger partial charge in [0, 0.05) is 0 Å². The number of fused-ring (bicyclic) bond motifs is 3. The lowest BCUT2D eigenvalue weighted by atomic mass is 9.85. The van der Waals surface area contributed by atoms with E-state index in [0.717, 1.165) is 57.8 Å². The van der Waals surface area contributed by atoms with E-state index in [9.17, 15) is 10.5 Å². The lowest BCUT2D eigenvalue weighted by Crippen LogP contribution is -2.08. The molecule has 1 aliphatic rings. The Morgan fingerprint density at radius 3 is 2.00 bits per heavy atom. The van der Waals surface area contributed by atoms with Crippen LogP contribution in [0.2, 0.25) is 0 Å². The Morgan fingerprint density at radius 1 is 0.742 bits per heavy atom. The van der Waals surface area contributed by atoms with Crippen LogP contribution in [0.3, 0.4) is 0 Å². The molecule has 2 nitrogen and oxygen atoms in total. The Kier molecular flexibility index (Phi) is 7.23. The zero-order valence-corrected chi connectivity index (χ0v) is 19.7. The highest BCUT2D eigenvalue weighted by Crippen LogP contribution is 2.40. The van der Waals surface area contributed by atoms with Gasteiger partial charge in [-0.25, -0.2) is 0 Å². The summed E-state index contributed by atoms with van der Waals surface area (Å²) in [5, 5.41) is 18.6. The molecule has 0 aromatic heterocycles. The van der Waals surface area contributed by atoms with Crippen LogP contribution in [0.4, 0.5) is 0 Å². The predicted octanol–water partition coefficient (Wildman–Crippen LogP) is 7.78. The lowest BCUT2D eigenvalue weighted by Gasteiger charge is -2.18. The molecule has 0 radical (unpaired) electrons. The minimum absolute atomic E-state index is 0.226. The van der Waals surface area contributed by atoms with Crippen LogP contribution in [0.1, 0.15) is 88.5 Å². The third kappa shape index (κ3) is 5.77. The van der Waals surface area contributed by atoms with E-state index < -0.39 is 0 Å². The molecule has 0 N–H and O–H groups in total. The summed E-state index contributed by atoms with van der Waals surface area (Å²) in [5.41, 5.74) is 8.35. The molecule has 0 heterocycles. The second-order valence-corrected chi connectivity index (χ2v) is 10.5. The number of hydrogen-bond donors (Lipinski definition) is 0. The molecule has 0 saturated heterocycles. The standard InChI is InChI=1S/C29H36N2/c1-28(2,20-30)17-9-7-11-22-15-16-26-25-13-6-5-12-23(25)19-27(26)24(22)14-8-10-18-29(3,4)21-31/h5-6,12-13,15-16H,7-11,14,17-19H2,1-4H3. The highest BCUT2D eigenvalue weighted by molar-refractivity contribution is 5.78. The normalized spacial score (nSPS) is 12.7. The molecule has 0 spiro atoms. The minimum Gasteiger partial charge on any atom is -0.198 e. The molecule has 0 fully saturated rings. The third-order valence-corrected chi connectivity index (χ3v) is 6.78. The Balaban J connectivity index is 1.75. The maximum Gasteiger partial charge on any atom is 0.0683 e. The van der Waals surface area contributed by atoms with Crippen LogP contribution < -0.4 is 0 Å². The van der Waals surface area contributed by atoms with Crippen molar-refractivity contribution in [1.29, 1.82) is 10.5 Å². The summed E-state index contributed by atoms with van der Waals surface area (Å²) in [4.78, 5) is 0. The van der Waals surface area contributed by atoms with Crippen molar-refractivity contribution in [2.24, 2.45) is 10.8 Å². The largest absolute Gasteiger partial charge is 0.198 e. The van der Waals surface area contributed by atoms with Crippen LogP contribution in [0.25, 0.3) is 11.1 Å². The topological polar surface area (TPSA) is 47.6 Å². The van der Waals surface area contributed by atoms with Crippen molar-refractivity contribution in [2.45, 2.75) is 85.5 Å². The van der Waals surface area contributed by atoms with Crippen molar-refractivity contribution in [1.82, 2.24) is 0 Å². The molecule has 2 aromatic carbocycles. The SMILES string of the molecule is CC(C)(C#N)CCCCc1ccc2c(c1CCCCC(C)(C)C#N)Cc1ccccc1-2. The summed E-state index contributed by atoms with van der Waals surface area (Å²) >= 11 is 0. The van der Waals surface area contributed by atoms with E-state index in [4.69, 9.17) is 0 Å². The number of aryl methyl sites for hydroxylation is 1. The molecule has 3 rings (SSSR count). The van der Waals surface area contributed by atoms with Crippen LogP contribution in [0.5, 0.6) is 0 Å². The van der Waals surface area contributed by atoms with Gasteiger partial charge in [0.1, 0.15) is 0 Å². The first-order valence-corrected chi connectivity index (χ1v) is 11.8. The van der Waals surface area contributed by atoms with Gasteiger partial charge >= 0.3 is 0 Å². The zero-order valence-electron chi connectivity index (χ0n) is 19.7. The van der Waals surface area contributed by atoms with Crippen LogP contribution in [-0.4, -0.2) is 0 Å². The van der Waals surface area contributed by atoms with Crippen molar-refractivity contribution in [3.05, 3.63) is 58.7 Å². The third-order valence-electron chi connectivity index (χ3n) is 6.78. The summed E-state index contributed by atoms with van der Waals surface area (Å²) < 4.78 is 0. The van der Waals surface area contributed by atoms with Gasteiger partial charge in [0.05, 0.1) is 23.0 Å². The lowest BCUT2D eigenvalue weighted by molar-refractivity contribution is 0.424. The average molecular weight is 413 g/mol. The molecular formula is C29H36N2. The Labute approximate surface area is 188 Å². The van der Waals surface area contributed by atoms with Gasteiger partial charge in [-0.3, -0.25) is 0 Å². The number of hydrogen-bond acceptors (Lipinski definition) is 2. The number of benzene rings is 2. The van der Waals surface area contributed by atoms with Gasteiger partial charge < -0.3 is 0 Å². The van der Waals surface area contributed by atoms with Crippen molar-refractivity contribution in [3.8, 4) is 23.3 Å². The fourth-order valence-corrected chi connectivity index (χ4v) is 4.73. The highest BCUT2D eigenvalue weighted by Gasteiger charge is 2.23. The van der Waals surface area contributed by atoms with Gasteiger partial charge in [0.25, 0.3) is 0 Å². The summed E-state index contributed by atoms with van der Waals surface area (Å²) in [6, 6.07) is 18.3. The summed E-state index contributed by atoms with van der Waals surface area (Å²) in [5.74, 6) is 0. The second-order valence-electron chi connectivity index (χ2n) is 10.5. The van der Waals surface area contributed by atoms with E-state index in [-0.39, 0.29) is 10.8 Å². The van der Waals surface area contributed by atoms with Gasteiger partial charge in [-0.15, -0.1) is 0 Å². The number of nitriles is 2. The van der Waals surface area contributed by atoms with Gasteiger partial charge in [-0.1, -0.05) is 49.2 Å². The van der Waals surface area contributed by atoms with Crippen LogP contribution >= 0.6 is 0 Å². The summed E-state index contributed by atoms with van der Waals surface area (Å²) in [6.07, 6.45) is 9.58. The first-order chi connectivity index (χ1) is 14.8. The minimum atomic E-state index is -0.231. The Hall–Kier alpha value is -2.58.